The highest BCUT2D eigenvalue weighted by atomic mass is 32.2. The molecule has 2 rings (SSSR count). The van der Waals surface area contributed by atoms with Crippen LogP contribution in [0.4, 0.5) is 13.2 Å². The molecule has 2 aromatic rings. The van der Waals surface area contributed by atoms with Crippen LogP contribution in [-0.2, 0) is 21.4 Å². The molecule has 0 saturated carbocycles. The molecule has 26 heavy (non-hydrogen) atoms. The van der Waals surface area contributed by atoms with Gasteiger partial charge in [0.1, 0.15) is 5.56 Å². The lowest BCUT2D eigenvalue weighted by molar-refractivity contribution is -0.0500. The van der Waals surface area contributed by atoms with Crippen LogP contribution in [0.25, 0.3) is 6.08 Å². The molecule has 0 N–H and O–H groups in total. The molecule has 11 heteroatoms. The lowest BCUT2D eigenvalue weighted by Gasteiger charge is -2.12. The summed E-state index contributed by atoms with van der Waals surface area (Å²) < 4.78 is 70.4. The standard InChI is InChI=1S/C15H13F3N2O5S/c1-24-14(21)12-5-4-11(3-2-7-20-8-6-19-10-20)9-13(12)25-26(22,23)15(16,17)18/h2-6,8-10H,7H2,1H3/b3-2+. The van der Waals surface area contributed by atoms with Crippen molar-refractivity contribution in [2.45, 2.75) is 12.1 Å². The quantitative estimate of drug-likeness (QED) is 0.428. The van der Waals surface area contributed by atoms with Crippen LogP contribution < -0.4 is 4.18 Å². The molecular weight excluding hydrogens is 377 g/mol. The first-order chi connectivity index (χ1) is 12.1. The molecule has 0 fully saturated rings. The maximum Gasteiger partial charge on any atom is 0.534 e. The molecule has 0 unspecified atom stereocenters. The van der Waals surface area contributed by atoms with Crippen molar-refractivity contribution in [1.82, 2.24) is 9.55 Å². The van der Waals surface area contributed by atoms with E-state index in [1.165, 1.54) is 12.1 Å². The highest BCUT2D eigenvalue weighted by Gasteiger charge is 2.49. The molecule has 0 aliphatic heterocycles. The lowest BCUT2D eigenvalue weighted by Crippen LogP contribution is -2.28. The maximum absolute atomic E-state index is 12.5. The normalized spacial score (nSPS) is 12.3. The average molecular weight is 390 g/mol. The number of carbonyl (C=O) groups excluding carboxylic acids is 1. The van der Waals surface area contributed by atoms with E-state index in [-0.39, 0.29) is 0 Å². The van der Waals surface area contributed by atoms with Crippen LogP contribution in [0, 0.1) is 0 Å². The van der Waals surface area contributed by atoms with Crippen molar-refractivity contribution >= 4 is 22.2 Å². The summed E-state index contributed by atoms with van der Waals surface area (Å²) in [5.74, 6) is -1.81. The fourth-order valence-electron chi connectivity index (χ4n) is 1.86. The average Bonchev–Trinajstić information content (AvgIpc) is 3.06. The number of alkyl halides is 3. The first-order valence-electron chi connectivity index (χ1n) is 6.99. The van der Waals surface area contributed by atoms with Gasteiger partial charge in [0.15, 0.2) is 5.75 Å². The van der Waals surface area contributed by atoms with Gasteiger partial charge < -0.3 is 13.5 Å². The first kappa shape index (κ1) is 19.5. The van der Waals surface area contributed by atoms with E-state index in [4.69, 9.17) is 0 Å². The van der Waals surface area contributed by atoms with Gasteiger partial charge in [0, 0.05) is 18.9 Å². The minimum absolute atomic E-state index is 0.324. The van der Waals surface area contributed by atoms with Crippen LogP contribution in [0.5, 0.6) is 5.75 Å². The largest absolute Gasteiger partial charge is 0.534 e. The molecule has 0 bridgehead atoms. The van der Waals surface area contributed by atoms with Gasteiger partial charge in [-0.05, 0) is 17.7 Å². The molecule has 7 nitrogen and oxygen atoms in total. The molecule has 0 radical (unpaired) electrons. The number of allylic oxidation sites excluding steroid dienone is 1. The van der Waals surface area contributed by atoms with E-state index < -0.39 is 32.9 Å². The van der Waals surface area contributed by atoms with Crippen molar-refractivity contribution in [2.24, 2.45) is 0 Å². The van der Waals surface area contributed by atoms with Crippen molar-refractivity contribution in [1.29, 1.82) is 0 Å². The Morgan fingerprint density at radius 2 is 2.08 bits per heavy atom. The minimum Gasteiger partial charge on any atom is -0.465 e. The third-order valence-electron chi connectivity index (χ3n) is 3.08. The second-order valence-corrected chi connectivity index (χ2v) is 6.43. The van der Waals surface area contributed by atoms with Crippen LogP contribution in [0.3, 0.4) is 0 Å². The summed E-state index contributed by atoms with van der Waals surface area (Å²) >= 11 is 0. The molecular formula is C15H13F3N2O5S. The van der Waals surface area contributed by atoms with Crippen LogP contribution in [0.2, 0.25) is 0 Å². The smallest absolute Gasteiger partial charge is 0.465 e. The second-order valence-electron chi connectivity index (χ2n) is 4.89. The van der Waals surface area contributed by atoms with Gasteiger partial charge in [-0.2, -0.15) is 21.6 Å². The Morgan fingerprint density at radius 1 is 1.35 bits per heavy atom. The third-order valence-corrected chi connectivity index (χ3v) is 4.05. The summed E-state index contributed by atoms with van der Waals surface area (Å²) in [4.78, 5) is 15.5. The van der Waals surface area contributed by atoms with Crippen molar-refractivity contribution in [3.05, 3.63) is 54.1 Å². The summed E-state index contributed by atoms with van der Waals surface area (Å²) in [5.41, 5.74) is -5.76. The maximum atomic E-state index is 12.5. The van der Waals surface area contributed by atoms with Crippen molar-refractivity contribution in [3.8, 4) is 5.75 Å². The van der Waals surface area contributed by atoms with Gasteiger partial charge in [0.25, 0.3) is 0 Å². The molecule has 1 heterocycles. The summed E-state index contributed by atoms with van der Waals surface area (Å²) in [6.07, 6.45) is 8.03. The lowest BCUT2D eigenvalue weighted by atomic mass is 10.1. The molecule has 0 saturated heterocycles. The van der Waals surface area contributed by atoms with Crippen LogP contribution in [0.1, 0.15) is 15.9 Å². The molecule has 0 aliphatic carbocycles. The highest BCUT2D eigenvalue weighted by molar-refractivity contribution is 7.88. The van der Waals surface area contributed by atoms with Crippen LogP contribution in [-0.4, -0.2) is 36.6 Å². The van der Waals surface area contributed by atoms with Gasteiger partial charge in [-0.3, -0.25) is 0 Å². The minimum atomic E-state index is -5.93. The first-order valence-corrected chi connectivity index (χ1v) is 8.40. The predicted octanol–water partition coefficient (Wildman–Crippen LogP) is 2.61. The van der Waals surface area contributed by atoms with E-state index in [1.807, 2.05) is 0 Å². The van der Waals surface area contributed by atoms with Crippen LogP contribution in [0.15, 0.2) is 43.0 Å². The number of nitrogens with zero attached hydrogens (tertiary/aromatic N) is 2. The number of aromatic nitrogens is 2. The monoisotopic (exact) mass is 390 g/mol. The number of ether oxygens (including phenoxy) is 1. The van der Waals surface area contributed by atoms with Gasteiger partial charge >= 0.3 is 21.6 Å². The SMILES string of the molecule is COC(=O)c1ccc(/C=C/Cn2ccnc2)cc1OS(=O)(=O)C(F)(F)F. The molecule has 0 atom stereocenters. The summed E-state index contributed by atoms with van der Waals surface area (Å²) in [5, 5.41) is 0. The van der Waals surface area contributed by atoms with Gasteiger partial charge in [0.05, 0.1) is 13.4 Å². The predicted molar refractivity (Wildman–Crippen MR) is 84.6 cm³/mol. The van der Waals surface area contributed by atoms with Crippen molar-refractivity contribution in [2.75, 3.05) is 7.11 Å². The molecule has 0 spiro atoms. The number of halogens is 3. The van der Waals surface area contributed by atoms with E-state index in [2.05, 4.69) is 13.9 Å². The van der Waals surface area contributed by atoms with Crippen LogP contribution >= 0.6 is 0 Å². The Hall–Kier alpha value is -2.82. The zero-order valence-corrected chi connectivity index (χ0v) is 14.1. The Labute approximate surface area is 146 Å². The Balaban J connectivity index is 2.33. The topological polar surface area (TPSA) is 87.5 Å². The van der Waals surface area contributed by atoms with E-state index in [0.717, 1.165) is 19.2 Å². The van der Waals surface area contributed by atoms with E-state index in [1.54, 1.807) is 29.4 Å². The summed E-state index contributed by atoms with van der Waals surface area (Å²) in [6.45, 7) is 0.426. The molecule has 0 amide bonds. The summed E-state index contributed by atoms with van der Waals surface area (Å²) in [6, 6.07) is 3.52. The zero-order valence-electron chi connectivity index (χ0n) is 13.3. The van der Waals surface area contributed by atoms with Gasteiger partial charge in [-0.15, -0.1) is 0 Å². The second kappa shape index (κ2) is 7.60. The number of methoxy groups -OCH3 is 1. The summed E-state index contributed by atoms with van der Waals surface area (Å²) in [7, 11) is -4.93. The number of benzene rings is 1. The van der Waals surface area contributed by atoms with E-state index in [0.29, 0.717) is 12.1 Å². The third kappa shape index (κ3) is 4.63. The number of carbonyl (C=O) groups is 1. The Bertz CT molecular complexity index is 906. The van der Waals surface area contributed by atoms with Gasteiger partial charge in [0.2, 0.25) is 0 Å². The van der Waals surface area contributed by atoms with Gasteiger partial charge in [-0.25, -0.2) is 9.78 Å². The Kier molecular flexibility index (Phi) is 5.70. The molecule has 0 aliphatic rings. The van der Waals surface area contributed by atoms with E-state index >= 15 is 0 Å². The highest BCUT2D eigenvalue weighted by Crippen LogP contribution is 2.30. The number of rotatable bonds is 6. The number of hydrogen-bond acceptors (Lipinski definition) is 6. The van der Waals surface area contributed by atoms with E-state index in [9.17, 15) is 26.4 Å². The number of hydrogen-bond donors (Lipinski definition) is 0. The van der Waals surface area contributed by atoms with Crippen molar-refractivity contribution in [3.63, 3.8) is 0 Å². The fraction of sp³-hybridized carbons (Fsp3) is 0.200. The fourth-order valence-corrected chi connectivity index (χ4v) is 2.33. The molecule has 140 valence electrons. The molecule has 1 aromatic heterocycles. The Morgan fingerprint density at radius 3 is 2.65 bits per heavy atom. The number of esters is 1. The van der Waals surface area contributed by atoms with Crippen molar-refractivity contribution < 1.29 is 35.3 Å². The molecule has 1 aromatic carbocycles. The van der Waals surface area contributed by atoms with Gasteiger partial charge in [-0.1, -0.05) is 18.2 Å². The zero-order chi connectivity index (χ0) is 19.4. The number of imidazole rings is 1.